The monoisotopic (exact) mass is 367 g/mol. The number of imidazole rings is 1. The third kappa shape index (κ3) is 4.44. The van der Waals surface area contributed by atoms with Gasteiger partial charge < -0.3 is 15.0 Å². The number of fused-ring (bicyclic) bond motifs is 1. The average Bonchev–Trinajstić information content (AvgIpc) is 2.99. The predicted octanol–water partition coefficient (Wildman–Crippen LogP) is 2.00. The summed E-state index contributed by atoms with van der Waals surface area (Å²) in [5, 5.41) is 2.55. The molecule has 0 aliphatic heterocycles. The number of nitrogens with one attached hydrogen (secondary N) is 2. The van der Waals surface area contributed by atoms with Gasteiger partial charge in [-0.2, -0.15) is 0 Å². The maximum absolute atomic E-state index is 12.1. The molecule has 140 valence electrons. The molecule has 0 fully saturated rings. The highest BCUT2D eigenvalue weighted by Crippen LogP contribution is 2.09. The molecule has 2 N–H and O–H groups in total. The van der Waals surface area contributed by atoms with Gasteiger partial charge in [0.25, 0.3) is 5.91 Å². The fraction of sp³-hybridized carbons (Fsp3) is 0.250. The molecule has 1 heterocycles. The molecule has 0 unspecified atom stereocenters. The number of para-hydroxylation sites is 2. The Labute approximate surface area is 156 Å². The molecule has 0 atom stereocenters. The summed E-state index contributed by atoms with van der Waals surface area (Å²) in [5.74, 6) is -0.821. The van der Waals surface area contributed by atoms with Crippen LogP contribution in [0.1, 0.15) is 22.3 Å². The zero-order valence-electron chi connectivity index (χ0n) is 15.0. The largest absolute Gasteiger partial charge is 0.464 e. The van der Waals surface area contributed by atoms with Crippen LogP contribution in [0.15, 0.2) is 53.3 Å². The lowest BCUT2D eigenvalue weighted by Gasteiger charge is -2.08. The first-order chi connectivity index (χ1) is 13.1. The van der Waals surface area contributed by atoms with Crippen LogP contribution in [0.25, 0.3) is 11.0 Å². The van der Waals surface area contributed by atoms with E-state index in [1.807, 2.05) is 43.3 Å². The van der Waals surface area contributed by atoms with E-state index >= 15 is 0 Å². The molecule has 1 aromatic heterocycles. The molecule has 0 saturated heterocycles. The molecular weight excluding hydrogens is 346 g/mol. The summed E-state index contributed by atoms with van der Waals surface area (Å²) >= 11 is 0. The lowest BCUT2D eigenvalue weighted by atomic mass is 10.1. The molecule has 0 aliphatic carbocycles. The number of carbonyl (C=O) groups excluding carboxylic acids is 2. The van der Waals surface area contributed by atoms with Crippen molar-refractivity contribution in [2.45, 2.75) is 19.9 Å². The molecule has 2 aromatic carbocycles. The van der Waals surface area contributed by atoms with E-state index in [-0.39, 0.29) is 24.7 Å². The number of H-pyrrole nitrogens is 1. The molecular formula is C20H21N3O4. The van der Waals surface area contributed by atoms with Crippen molar-refractivity contribution >= 4 is 22.9 Å². The van der Waals surface area contributed by atoms with Gasteiger partial charge in [-0.3, -0.25) is 14.2 Å². The fourth-order valence-electron chi connectivity index (χ4n) is 2.86. The summed E-state index contributed by atoms with van der Waals surface area (Å²) in [6, 6.07) is 14.6. The number of amides is 1. The number of nitrogens with zero attached hydrogens (tertiary/aromatic N) is 1. The summed E-state index contributed by atoms with van der Waals surface area (Å²) in [7, 11) is 0. The lowest BCUT2D eigenvalue weighted by Crippen LogP contribution is -2.31. The number of ether oxygens (including phenoxy) is 1. The van der Waals surface area contributed by atoms with E-state index in [0.717, 1.165) is 16.6 Å². The second-order valence-corrected chi connectivity index (χ2v) is 6.17. The zero-order chi connectivity index (χ0) is 19.2. The van der Waals surface area contributed by atoms with Crippen molar-refractivity contribution in [1.82, 2.24) is 14.9 Å². The normalized spacial score (nSPS) is 10.7. The Hall–Kier alpha value is -3.35. The summed E-state index contributed by atoms with van der Waals surface area (Å²) in [6.07, 6.45) is 0.499. The van der Waals surface area contributed by atoms with Gasteiger partial charge in [0.1, 0.15) is 6.54 Å². The first kappa shape index (κ1) is 18.4. The first-order valence-corrected chi connectivity index (χ1v) is 8.73. The fourth-order valence-corrected chi connectivity index (χ4v) is 2.86. The third-order valence-corrected chi connectivity index (χ3v) is 4.25. The van der Waals surface area contributed by atoms with Crippen LogP contribution in [0, 0.1) is 6.92 Å². The van der Waals surface area contributed by atoms with Crippen molar-refractivity contribution in [1.29, 1.82) is 0 Å². The summed E-state index contributed by atoms with van der Waals surface area (Å²) in [5.41, 5.74) is 2.78. The van der Waals surface area contributed by atoms with Gasteiger partial charge >= 0.3 is 11.7 Å². The van der Waals surface area contributed by atoms with E-state index in [9.17, 15) is 14.4 Å². The molecule has 0 saturated carbocycles. The lowest BCUT2D eigenvalue weighted by molar-refractivity contribution is -0.142. The van der Waals surface area contributed by atoms with Gasteiger partial charge in [-0.1, -0.05) is 30.3 Å². The third-order valence-electron chi connectivity index (χ3n) is 4.25. The SMILES string of the molecule is Cc1ccccc1C(=O)NCC(=O)OCCCn1c(=O)[nH]c2ccccc21. The minimum absolute atomic E-state index is 0.172. The van der Waals surface area contributed by atoms with Crippen LogP contribution in [-0.2, 0) is 16.1 Å². The van der Waals surface area contributed by atoms with Crippen molar-refractivity contribution in [2.24, 2.45) is 0 Å². The minimum atomic E-state index is -0.511. The van der Waals surface area contributed by atoms with Gasteiger partial charge in [-0.15, -0.1) is 0 Å². The number of aromatic nitrogens is 2. The Balaban J connectivity index is 1.43. The van der Waals surface area contributed by atoms with Gasteiger partial charge in [-0.05, 0) is 37.1 Å². The Bertz CT molecular complexity index is 1020. The van der Waals surface area contributed by atoms with Crippen LogP contribution in [0.3, 0.4) is 0 Å². The molecule has 0 aliphatic rings. The van der Waals surface area contributed by atoms with Crippen LogP contribution < -0.4 is 11.0 Å². The van der Waals surface area contributed by atoms with Crippen molar-refractivity contribution in [3.05, 3.63) is 70.1 Å². The predicted molar refractivity (Wildman–Crippen MR) is 102 cm³/mol. The smallest absolute Gasteiger partial charge is 0.326 e. The summed E-state index contributed by atoms with van der Waals surface area (Å²) < 4.78 is 6.74. The summed E-state index contributed by atoms with van der Waals surface area (Å²) in [4.78, 5) is 38.6. The number of hydrogen-bond donors (Lipinski definition) is 2. The standard InChI is InChI=1S/C20H21N3O4/c1-14-7-2-3-8-15(14)19(25)21-13-18(24)27-12-6-11-23-17-10-5-4-9-16(17)22-20(23)26/h2-5,7-10H,6,11-13H2,1H3,(H,21,25)(H,22,26). The van der Waals surface area contributed by atoms with E-state index in [0.29, 0.717) is 18.5 Å². The molecule has 27 heavy (non-hydrogen) atoms. The topological polar surface area (TPSA) is 93.2 Å². The highest BCUT2D eigenvalue weighted by atomic mass is 16.5. The molecule has 7 nitrogen and oxygen atoms in total. The Morgan fingerprint density at radius 2 is 1.85 bits per heavy atom. The summed E-state index contributed by atoms with van der Waals surface area (Å²) in [6.45, 7) is 2.25. The number of esters is 1. The van der Waals surface area contributed by atoms with E-state index in [1.54, 1.807) is 16.7 Å². The molecule has 3 rings (SSSR count). The quantitative estimate of drug-likeness (QED) is 0.493. The molecule has 1 amide bonds. The van der Waals surface area contributed by atoms with Gasteiger partial charge in [-0.25, -0.2) is 4.79 Å². The second kappa shape index (κ2) is 8.35. The van der Waals surface area contributed by atoms with Crippen molar-refractivity contribution in [2.75, 3.05) is 13.2 Å². The van der Waals surface area contributed by atoms with Gasteiger partial charge in [0.15, 0.2) is 0 Å². The first-order valence-electron chi connectivity index (χ1n) is 8.73. The number of aromatic amines is 1. The van der Waals surface area contributed by atoms with Gasteiger partial charge in [0.2, 0.25) is 0 Å². The van der Waals surface area contributed by atoms with Crippen LogP contribution in [0.2, 0.25) is 0 Å². The molecule has 7 heteroatoms. The number of aryl methyl sites for hydroxylation is 2. The number of carbonyl (C=O) groups is 2. The van der Waals surface area contributed by atoms with Crippen LogP contribution in [0.4, 0.5) is 0 Å². The van der Waals surface area contributed by atoms with Crippen molar-refractivity contribution in [3.8, 4) is 0 Å². The molecule has 0 radical (unpaired) electrons. The van der Waals surface area contributed by atoms with Crippen molar-refractivity contribution in [3.63, 3.8) is 0 Å². The Kier molecular flexibility index (Phi) is 5.71. The number of hydrogen-bond acceptors (Lipinski definition) is 4. The molecule has 0 spiro atoms. The average molecular weight is 367 g/mol. The minimum Gasteiger partial charge on any atom is -0.464 e. The highest BCUT2D eigenvalue weighted by molar-refractivity contribution is 5.97. The highest BCUT2D eigenvalue weighted by Gasteiger charge is 2.11. The number of benzene rings is 2. The second-order valence-electron chi connectivity index (χ2n) is 6.17. The number of rotatable bonds is 7. The zero-order valence-corrected chi connectivity index (χ0v) is 15.0. The van der Waals surface area contributed by atoms with Gasteiger partial charge in [0, 0.05) is 12.1 Å². The van der Waals surface area contributed by atoms with Crippen molar-refractivity contribution < 1.29 is 14.3 Å². The van der Waals surface area contributed by atoms with E-state index in [1.165, 1.54) is 0 Å². The van der Waals surface area contributed by atoms with Crippen LogP contribution in [0.5, 0.6) is 0 Å². The van der Waals surface area contributed by atoms with Crippen LogP contribution in [-0.4, -0.2) is 34.6 Å². The van der Waals surface area contributed by atoms with Crippen LogP contribution >= 0.6 is 0 Å². The van der Waals surface area contributed by atoms with Gasteiger partial charge in [0.05, 0.1) is 17.6 Å². The maximum Gasteiger partial charge on any atom is 0.326 e. The van der Waals surface area contributed by atoms with E-state index in [4.69, 9.17) is 4.74 Å². The van der Waals surface area contributed by atoms with E-state index in [2.05, 4.69) is 10.3 Å². The Morgan fingerprint density at radius 3 is 2.67 bits per heavy atom. The molecule has 3 aromatic rings. The maximum atomic E-state index is 12.1. The Morgan fingerprint density at radius 1 is 1.11 bits per heavy atom. The molecule has 0 bridgehead atoms. The van der Waals surface area contributed by atoms with E-state index < -0.39 is 5.97 Å².